The zero-order chi connectivity index (χ0) is 15.5. The van der Waals surface area contributed by atoms with Crippen LogP contribution in [0.3, 0.4) is 0 Å². The number of hydrogen-bond donors (Lipinski definition) is 2. The van der Waals surface area contributed by atoms with Gasteiger partial charge >= 0.3 is 0 Å². The molecule has 0 aliphatic heterocycles. The van der Waals surface area contributed by atoms with E-state index in [0.29, 0.717) is 5.56 Å². The summed E-state index contributed by atoms with van der Waals surface area (Å²) >= 11 is 0. The highest BCUT2D eigenvalue weighted by molar-refractivity contribution is 7.92. The average Bonchev–Trinajstić information content (AvgIpc) is 2.80. The molecule has 0 amide bonds. The number of halogens is 1. The molecule has 0 unspecified atom stereocenters. The summed E-state index contributed by atoms with van der Waals surface area (Å²) in [4.78, 5) is -0.454. The van der Waals surface area contributed by atoms with Crippen molar-refractivity contribution >= 4 is 15.7 Å². The molecule has 2 aromatic rings. The van der Waals surface area contributed by atoms with E-state index in [2.05, 4.69) is 21.7 Å². The van der Waals surface area contributed by atoms with Crippen molar-refractivity contribution < 1.29 is 12.8 Å². The minimum Gasteiger partial charge on any atom is -0.320 e. The molecule has 1 heterocycles. The van der Waals surface area contributed by atoms with Gasteiger partial charge in [0.05, 0.1) is 18.4 Å². The van der Waals surface area contributed by atoms with Crippen LogP contribution in [0.1, 0.15) is 5.56 Å². The highest BCUT2D eigenvalue weighted by atomic mass is 32.2. The van der Waals surface area contributed by atoms with Crippen molar-refractivity contribution in [2.24, 2.45) is 12.8 Å². The summed E-state index contributed by atoms with van der Waals surface area (Å²) in [6.07, 6.45) is 2.80. The Morgan fingerprint density at radius 2 is 2.24 bits per heavy atom. The molecule has 0 aliphatic rings. The quantitative estimate of drug-likeness (QED) is 0.816. The van der Waals surface area contributed by atoms with Crippen LogP contribution in [-0.4, -0.2) is 24.7 Å². The van der Waals surface area contributed by atoms with Crippen LogP contribution in [-0.2, 0) is 17.1 Å². The molecule has 0 saturated heterocycles. The Labute approximate surface area is 121 Å². The summed E-state index contributed by atoms with van der Waals surface area (Å²) in [6, 6.07) is 3.64. The lowest BCUT2D eigenvalue weighted by atomic mass is 10.2. The molecule has 0 spiro atoms. The zero-order valence-corrected chi connectivity index (χ0v) is 12.0. The predicted octanol–water partition coefficient (Wildman–Crippen LogP) is 0.670. The van der Waals surface area contributed by atoms with Gasteiger partial charge < -0.3 is 5.73 Å². The van der Waals surface area contributed by atoms with Crippen molar-refractivity contribution in [3.63, 3.8) is 0 Å². The van der Waals surface area contributed by atoms with Gasteiger partial charge in [-0.1, -0.05) is 11.8 Å². The Bertz CT molecular complexity index is 818. The maximum atomic E-state index is 13.9. The topological polar surface area (TPSA) is 90.0 Å². The van der Waals surface area contributed by atoms with Crippen molar-refractivity contribution in [3.05, 3.63) is 42.0 Å². The van der Waals surface area contributed by atoms with Crippen molar-refractivity contribution in [2.75, 3.05) is 11.3 Å². The van der Waals surface area contributed by atoms with Gasteiger partial charge in [0.2, 0.25) is 0 Å². The Morgan fingerprint density at radius 3 is 2.81 bits per heavy atom. The predicted molar refractivity (Wildman–Crippen MR) is 76.3 cm³/mol. The van der Waals surface area contributed by atoms with Gasteiger partial charge in [-0.3, -0.25) is 9.40 Å². The molecule has 1 aromatic heterocycles. The number of nitrogens with zero attached hydrogens (tertiary/aromatic N) is 2. The van der Waals surface area contributed by atoms with Gasteiger partial charge in [0.1, 0.15) is 10.7 Å². The largest absolute Gasteiger partial charge is 0.320 e. The van der Waals surface area contributed by atoms with Gasteiger partial charge in [-0.05, 0) is 18.2 Å². The molecule has 6 nitrogen and oxygen atoms in total. The summed E-state index contributed by atoms with van der Waals surface area (Å²) in [5, 5.41) is 3.83. The fourth-order valence-electron chi connectivity index (χ4n) is 1.63. The monoisotopic (exact) mass is 308 g/mol. The van der Waals surface area contributed by atoms with Crippen LogP contribution in [0.2, 0.25) is 0 Å². The highest BCUT2D eigenvalue weighted by Gasteiger charge is 2.19. The molecule has 1 aromatic carbocycles. The van der Waals surface area contributed by atoms with E-state index in [1.54, 1.807) is 7.05 Å². The number of aryl methyl sites for hydroxylation is 1. The molecule has 2 rings (SSSR count). The second-order valence-electron chi connectivity index (χ2n) is 4.16. The van der Waals surface area contributed by atoms with Crippen LogP contribution < -0.4 is 10.5 Å². The lowest BCUT2D eigenvalue weighted by molar-refractivity contribution is 0.570. The first-order chi connectivity index (χ1) is 9.92. The average molecular weight is 308 g/mol. The van der Waals surface area contributed by atoms with E-state index in [-0.39, 0.29) is 12.2 Å². The molecule has 0 aliphatic carbocycles. The second-order valence-corrected chi connectivity index (χ2v) is 5.81. The van der Waals surface area contributed by atoms with Gasteiger partial charge in [0.25, 0.3) is 10.0 Å². The number of nitrogens with two attached hydrogens (primary N) is 1. The van der Waals surface area contributed by atoms with E-state index in [1.807, 2.05) is 0 Å². The fourth-order valence-corrected chi connectivity index (χ4v) is 2.72. The number of sulfonamides is 1. The molecule has 0 radical (unpaired) electrons. The molecule has 110 valence electrons. The summed E-state index contributed by atoms with van der Waals surface area (Å²) in [7, 11) is -2.38. The lowest BCUT2D eigenvalue weighted by Gasteiger charge is -2.07. The number of benzene rings is 1. The summed E-state index contributed by atoms with van der Waals surface area (Å²) < 4.78 is 41.8. The van der Waals surface area contributed by atoms with Gasteiger partial charge in [-0.25, -0.2) is 12.8 Å². The van der Waals surface area contributed by atoms with E-state index in [1.165, 1.54) is 23.1 Å². The zero-order valence-electron chi connectivity index (χ0n) is 11.2. The van der Waals surface area contributed by atoms with Crippen LogP contribution in [0.5, 0.6) is 0 Å². The molecule has 0 fully saturated rings. The van der Waals surface area contributed by atoms with Crippen molar-refractivity contribution in [3.8, 4) is 11.8 Å². The summed E-state index contributed by atoms with van der Waals surface area (Å²) in [5.41, 5.74) is 5.83. The summed E-state index contributed by atoms with van der Waals surface area (Å²) in [6.45, 7) is 0.143. The Kier molecular flexibility index (Phi) is 4.26. The fraction of sp³-hybridized carbons (Fsp3) is 0.154. The van der Waals surface area contributed by atoms with Crippen LogP contribution in [0.25, 0.3) is 0 Å². The van der Waals surface area contributed by atoms with E-state index < -0.39 is 20.7 Å². The SMILES string of the molecule is Cn1cc(NS(=O)(=O)c2ccc(C#CCN)cc2F)cn1. The van der Waals surface area contributed by atoms with Crippen molar-refractivity contribution in [2.45, 2.75) is 4.90 Å². The van der Waals surface area contributed by atoms with Crippen LogP contribution in [0, 0.1) is 17.7 Å². The van der Waals surface area contributed by atoms with E-state index in [0.717, 1.165) is 12.1 Å². The first kappa shape index (κ1) is 15.0. The third-order valence-corrected chi connectivity index (χ3v) is 3.93. The smallest absolute Gasteiger partial charge is 0.264 e. The molecule has 8 heteroatoms. The van der Waals surface area contributed by atoms with E-state index in [9.17, 15) is 12.8 Å². The number of rotatable bonds is 3. The Balaban J connectivity index is 2.32. The lowest BCUT2D eigenvalue weighted by Crippen LogP contribution is -2.14. The van der Waals surface area contributed by atoms with Gasteiger partial charge in [-0.15, -0.1) is 0 Å². The molecule has 0 saturated carbocycles. The Morgan fingerprint density at radius 1 is 1.48 bits per heavy atom. The third-order valence-electron chi connectivity index (χ3n) is 2.51. The van der Waals surface area contributed by atoms with E-state index >= 15 is 0 Å². The maximum absolute atomic E-state index is 13.9. The van der Waals surface area contributed by atoms with Gasteiger partial charge in [0.15, 0.2) is 0 Å². The van der Waals surface area contributed by atoms with Crippen molar-refractivity contribution in [1.82, 2.24) is 9.78 Å². The molecule has 21 heavy (non-hydrogen) atoms. The van der Waals surface area contributed by atoms with Crippen molar-refractivity contribution in [1.29, 1.82) is 0 Å². The Hall–Kier alpha value is -2.37. The second kappa shape index (κ2) is 5.95. The molecule has 0 atom stereocenters. The van der Waals surface area contributed by atoms with Gasteiger partial charge in [-0.2, -0.15) is 5.10 Å². The molecule has 3 N–H and O–H groups in total. The first-order valence-electron chi connectivity index (χ1n) is 5.92. The minimum absolute atomic E-state index is 0.143. The van der Waals surface area contributed by atoms with Crippen LogP contribution in [0.4, 0.5) is 10.1 Å². The maximum Gasteiger partial charge on any atom is 0.264 e. The normalized spacial score (nSPS) is 10.8. The number of nitrogens with one attached hydrogen (secondary N) is 1. The standard InChI is InChI=1S/C13H13FN4O2S/c1-18-9-11(8-16-18)17-21(19,20)13-5-4-10(3-2-6-15)7-12(13)14/h4-5,7-9,17H,6,15H2,1H3. The van der Waals surface area contributed by atoms with Gasteiger partial charge in [0, 0.05) is 18.8 Å². The summed E-state index contributed by atoms with van der Waals surface area (Å²) in [5.74, 6) is 4.32. The third kappa shape index (κ3) is 3.59. The first-order valence-corrected chi connectivity index (χ1v) is 7.40. The molecular weight excluding hydrogens is 295 g/mol. The molecular formula is C13H13FN4O2S. The van der Waals surface area contributed by atoms with Crippen LogP contribution >= 0.6 is 0 Å². The highest BCUT2D eigenvalue weighted by Crippen LogP contribution is 2.19. The molecule has 0 bridgehead atoms. The number of aromatic nitrogens is 2. The van der Waals surface area contributed by atoms with Crippen LogP contribution in [0.15, 0.2) is 35.5 Å². The number of anilines is 1. The van der Waals surface area contributed by atoms with E-state index in [4.69, 9.17) is 5.73 Å². The number of hydrogen-bond acceptors (Lipinski definition) is 4. The minimum atomic E-state index is -4.02.